The molecule has 3 aromatic carbocycles. The topological polar surface area (TPSA) is 21.7 Å². The van der Waals surface area contributed by atoms with Crippen LogP contribution in [0.15, 0.2) is 78.9 Å². The van der Waals surface area contributed by atoms with E-state index in [1.54, 1.807) is 7.11 Å². The molecule has 0 radical (unpaired) electrons. The Labute approximate surface area is 180 Å². The molecule has 3 aromatic rings. The third kappa shape index (κ3) is 5.52. The fourth-order valence-corrected chi connectivity index (χ4v) is 3.50. The van der Waals surface area contributed by atoms with E-state index in [4.69, 9.17) is 9.47 Å². The molecule has 3 nitrogen and oxygen atoms in total. The zero-order chi connectivity index (χ0) is 21.3. The smallest absolute Gasteiger partial charge is 0.119 e. The van der Waals surface area contributed by atoms with Gasteiger partial charge in [-0.2, -0.15) is 0 Å². The quantitative estimate of drug-likeness (QED) is 0.410. The van der Waals surface area contributed by atoms with Gasteiger partial charge in [0.25, 0.3) is 0 Å². The summed E-state index contributed by atoms with van der Waals surface area (Å²) in [6.45, 7) is 3.79. The van der Waals surface area contributed by atoms with Crippen molar-refractivity contribution >= 4 is 11.1 Å². The van der Waals surface area contributed by atoms with Crippen LogP contribution in [0.3, 0.4) is 0 Å². The van der Waals surface area contributed by atoms with Crippen molar-refractivity contribution in [3.05, 3.63) is 95.6 Å². The summed E-state index contributed by atoms with van der Waals surface area (Å²) < 4.78 is 11.2. The highest BCUT2D eigenvalue weighted by Crippen LogP contribution is 2.35. The number of hydrogen-bond acceptors (Lipinski definition) is 3. The zero-order valence-corrected chi connectivity index (χ0v) is 18.4. The fourth-order valence-electron chi connectivity index (χ4n) is 3.50. The number of benzene rings is 3. The second kappa shape index (κ2) is 10.7. The van der Waals surface area contributed by atoms with E-state index in [0.29, 0.717) is 6.61 Å². The van der Waals surface area contributed by atoms with Crippen LogP contribution in [0.25, 0.3) is 11.1 Å². The summed E-state index contributed by atoms with van der Waals surface area (Å²) in [5.41, 5.74) is 6.17. The summed E-state index contributed by atoms with van der Waals surface area (Å²) in [6.07, 6.45) is 0.937. The molecule has 156 valence electrons. The number of nitrogens with zero attached hydrogens (tertiary/aromatic N) is 1. The molecule has 0 atom stereocenters. The molecular formula is C27H31NO2. The average molecular weight is 402 g/mol. The predicted octanol–water partition coefficient (Wildman–Crippen LogP) is 6.00. The van der Waals surface area contributed by atoms with E-state index >= 15 is 0 Å². The number of likely N-dealkylation sites (N-methyl/N-ethyl adjacent to an activating group) is 1. The molecule has 3 heteroatoms. The number of hydrogen-bond donors (Lipinski definition) is 0. The maximum Gasteiger partial charge on any atom is 0.119 e. The minimum absolute atomic E-state index is 0.678. The molecule has 0 amide bonds. The highest BCUT2D eigenvalue weighted by molar-refractivity contribution is 5.98. The van der Waals surface area contributed by atoms with Crippen LogP contribution in [0.4, 0.5) is 0 Å². The molecule has 0 aliphatic rings. The Morgan fingerprint density at radius 2 is 1.30 bits per heavy atom. The van der Waals surface area contributed by atoms with Gasteiger partial charge in [-0.15, -0.1) is 0 Å². The Morgan fingerprint density at radius 1 is 0.733 bits per heavy atom. The number of allylic oxidation sites excluding steroid dienone is 1. The van der Waals surface area contributed by atoms with Crippen molar-refractivity contribution in [1.82, 2.24) is 4.90 Å². The lowest BCUT2D eigenvalue weighted by atomic mass is 9.88. The number of methoxy groups -OCH3 is 1. The third-order valence-corrected chi connectivity index (χ3v) is 5.11. The van der Waals surface area contributed by atoms with Gasteiger partial charge in [0.1, 0.15) is 18.1 Å². The highest BCUT2D eigenvalue weighted by Gasteiger charge is 2.13. The molecular weight excluding hydrogens is 370 g/mol. The highest BCUT2D eigenvalue weighted by atomic mass is 16.5. The maximum atomic E-state index is 5.88. The van der Waals surface area contributed by atoms with E-state index < -0.39 is 0 Å². The summed E-state index contributed by atoms with van der Waals surface area (Å²) in [5, 5.41) is 0. The molecule has 3 rings (SSSR count). The first kappa shape index (κ1) is 21.7. The largest absolute Gasteiger partial charge is 0.497 e. The zero-order valence-electron chi connectivity index (χ0n) is 18.4. The molecule has 0 aromatic heterocycles. The van der Waals surface area contributed by atoms with Crippen molar-refractivity contribution in [1.29, 1.82) is 0 Å². The maximum absolute atomic E-state index is 5.88. The molecule has 0 aliphatic carbocycles. The second-order valence-corrected chi connectivity index (χ2v) is 7.48. The van der Waals surface area contributed by atoms with E-state index in [-0.39, 0.29) is 0 Å². The number of ether oxygens (including phenoxy) is 2. The molecule has 0 aliphatic heterocycles. The third-order valence-electron chi connectivity index (χ3n) is 5.11. The van der Waals surface area contributed by atoms with Gasteiger partial charge in [-0.25, -0.2) is 0 Å². The Morgan fingerprint density at radius 3 is 1.80 bits per heavy atom. The summed E-state index contributed by atoms with van der Waals surface area (Å²) in [6, 6.07) is 27.4. The van der Waals surface area contributed by atoms with Gasteiger partial charge in [0.15, 0.2) is 0 Å². The minimum Gasteiger partial charge on any atom is -0.497 e. The van der Waals surface area contributed by atoms with E-state index in [1.807, 2.05) is 26.2 Å². The first-order chi connectivity index (χ1) is 14.6. The van der Waals surface area contributed by atoms with Crippen molar-refractivity contribution in [2.75, 3.05) is 34.4 Å². The molecule has 0 saturated carbocycles. The normalized spacial score (nSPS) is 11.9. The van der Waals surface area contributed by atoms with Gasteiger partial charge in [0.2, 0.25) is 0 Å². The van der Waals surface area contributed by atoms with Crippen molar-refractivity contribution < 1.29 is 9.47 Å². The molecule has 0 bridgehead atoms. The lowest BCUT2D eigenvalue weighted by Gasteiger charge is -2.17. The van der Waals surface area contributed by atoms with Crippen LogP contribution in [-0.4, -0.2) is 39.3 Å². The summed E-state index contributed by atoms with van der Waals surface area (Å²) >= 11 is 0. The lowest BCUT2D eigenvalue weighted by molar-refractivity contribution is 0.261. The molecule has 0 unspecified atom stereocenters. The van der Waals surface area contributed by atoms with E-state index in [1.165, 1.54) is 27.8 Å². The number of rotatable bonds is 9. The Bertz CT molecular complexity index is 942. The SMILES string of the molecule is CC/C(=C(/c1ccc(OC)cc1)c1ccc(OCCN(C)C)cc1)c1ccccc1. The van der Waals surface area contributed by atoms with Crippen LogP contribution in [0.2, 0.25) is 0 Å². The first-order valence-corrected chi connectivity index (χ1v) is 10.4. The van der Waals surface area contributed by atoms with E-state index in [0.717, 1.165) is 24.5 Å². The molecule has 0 fully saturated rings. The van der Waals surface area contributed by atoms with Crippen molar-refractivity contribution in [2.45, 2.75) is 13.3 Å². The fraction of sp³-hybridized carbons (Fsp3) is 0.259. The standard InChI is InChI=1S/C27H31NO2/c1-5-26(21-9-7-6-8-10-21)27(22-11-15-24(29-4)16-12-22)23-13-17-25(18-14-23)30-20-19-28(2)3/h6-18H,5,19-20H2,1-4H3/b27-26+. The molecule has 0 heterocycles. The first-order valence-electron chi connectivity index (χ1n) is 10.4. The van der Waals surface area contributed by atoms with Gasteiger partial charge in [-0.05, 0) is 72.6 Å². The predicted molar refractivity (Wildman–Crippen MR) is 126 cm³/mol. The van der Waals surface area contributed by atoms with Crippen molar-refractivity contribution in [3.63, 3.8) is 0 Å². The summed E-state index contributed by atoms with van der Waals surface area (Å²) in [5.74, 6) is 1.76. The van der Waals surface area contributed by atoms with Crippen LogP contribution in [0.1, 0.15) is 30.0 Å². The van der Waals surface area contributed by atoms with Crippen LogP contribution >= 0.6 is 0 Å². The van der Waals surface area contributed by atoms with Gasteiger partial charge in [0, 0.05) is 6.54 Å². The van der Waals surface area contributed by atoms with Crippen LogP contribution in [0.5, 0.6) is 11.5 Å². The second-order valence-electron chi connectivity index (χ2n) is 7.48. The monoisotopic (exact) mass is 401 g/mol. The Balaban J connectivity index is 2.02. The Hall–Kier alpha value is -3.04. The van der Waals surface area contributed by atoms with Gasteiger partial charge in [-0.3, -0.25) is 0 Å². The van der Waals surface area contributed by atoms with Gasteiger partial charge < -0.3 is 14.4 Å². The van der Waals surface area contributed by atoms with Crippen molar-refractivity contribution in [3.8, 4) is 11.5 Å². The van der Waals surface area contributed by atoms with Crippen molar-refractivity contribution in [2.24, 2.45) is 0 Å². The Kier molecular flexibility index (Phi) is 7.69. The summed E-state index contributed by atoms with van der Waals surface area (Å²) in [4.78, 5) is 2.12. The lowest BCUT2D eigenvalue weighted by Crippen LogP contribution is -2.19. The van der Waals surface area contributed by atoms with Crippen LogP contribution < -0.4 is 9.47 Å². The van der Waals surface area contributed by atoms with E-state index in [9.17, 15) is 0 Å². The molecule has 0 N–H and O–H groups in total. The van der Waals surface area contributed by atoms with Gasteiger partial charge >= 0.3 is 0 Å². The molecule has 0 spiro atoms. The average Bonchev–Trinajstić information content (AvgIpc) is 2.78. The van der Waals surface area contributed by atoms with Gasteiger partial charge in [-0.1, -0.05) is 61.5 Å². The van der Waals surface area contributed by atoms with Crippen LogP contribution in [-0.2, 0) is 0 Å². The molecule has 0 saturated heterocycles. The minimum atomic E-state index is 0.678. The summed E-state index contributed by atoms with van der Waals surface area (Å²) in [7, 11) is 5.80. The molecule has 30 heavy (non-hydrogen) atoms. The van der Waals surface area contributed by atoms with Gasteiger partial charge in [0.05, 0.1) is 7.11 Å². The van der Waals surface area contributed by atoms with E-state index in [2.05, 4.69) is 78.6 Å². The van der Waals surface area contributed by atoms with Crippen LogP contribution in [0, 0.1) is 0 Å².